The maximum Gasteiger partial charge on any atom is 0.0138 e. The van der Waals surface area contributed by atoms with Crippen LogP contribution in [-0.2, 0) is 0 Å². The van der Waals surface area contributed by atoms with Crippen LogP contribution >= 0.6 is 0 Å². The van der Waals surface area contributed by atoms with Crippen molar-refractivity contribution >= 4 is 0 Å². The first-order valence-electron chi connectivity index (χ1n) is 6.89. The highest BCUT2D eigenvalue weighted by Crippen LogP contribution is 2.07. The molecule has 1 unspecified atom stereocenters. The van der Waals surface area contributed by atoms with Gasteiger partial charge in [-0.2, -0.15) is 0 Å². The van der Waals surface area contributed by atoms with E-state index in [1.807, 2.05) is 21.0 Å². The average Bonchev–Trinajstić information content (AvgIpc) is 2.27. The Labute approximate surface area is 107 Å². The zero-order valence-corrected chi connectivity index (χ0v) is 12.0. The third-order valence-electron chi connectivity index (χ3n) is 2.78. The summed E-state index contributed by atoms with van der Waals surface area (Å²) in [5.74, 6) is 0. The molecule has 1 atom stereocenters. The summed E-state index contributed by atoms with van der Waals surface area (Å²) in [5, 5.41) is 0. The third-order valence-corrected chi connectivity index (χ3v) is 2.78. The van der Waals surface area contributed by atoms with Gasteiger partial charge in [0.25, 0.3) is 0 Å². The van der Waals surface area contributed by atoms with E-state index in [4.69, 9.17) is 11.5 Å². The van der Waals surface area contributed by atoms with Crippen molar-refractivity contribution in [3.05, 3.63) is 0 Å². The van der Waals surface area contributed by atoms with Crippen LogP contribution in [-0.4, -0.2) is 62.7 Å². The first-order chi connectivity index (χ1) is 8.06. The topological polar surface area (TPSA) is 58.5 Å². The molecule has 0 aromatic carbocycles. The number of nitrogens with two attached hydrogens (primary N) is 2. The van der Waals surface area contributed by atoms with Crippen LogP contribution < -0.4 is 11.5 Å². The molecule has 1 fully saturated rings. The average molecular weight is 244 g/mol. The smallest absolute Gasteiger partial charge is 0.0138 e. The Kier molecular flexibility index (Phi) is 10.9. The van der Waals surface area contributed by atoms with Crippen molar-refractivity contribution in [3.8, 4) is 0 Å². The minimum Gasteiger partial charge on any atom is -0.330 e. The number of likely N-dealkylation sites (tertiary alicyclic amines) is 1. The molecule has 1 aliphatic heterocycles. The van der Waals surface area contributed by atoms with Crippen LogP contribution in [0, 0.1) is 0 Å². The Balaban J connectivity index is 0.000000325. The molecule has 0 amide bonds. The molecule has 17 heavy (non-hydrogen) atoms. The number of hydrogen-bond acceptors (Lipinski definition) is 4. The highest BCUT2D eigenvalue weighted by Gasteiger charge is 2.07. The Morgan fingerprint density at radius 2 is 1.76 bits per heavy atom. The second-order valence-electron chi connectivity index (χ2n) is 5.28. The molecule has 0 bridgehead atoms. The number of rotatable bonds is 5. The standard InChI is InChI=1S/C8H18N2.C5H14N2/c9-5-4-8-10-6-2-1-3-7-10;1-5(6)4-7(2)3/h1-9H2;5H,4,6H2,1-3H3. The van der Waals surface area contributed by atoms with Gasteiger partial charge in [-0.25, -0.2) is 0 Å². The predicted octanol–water partition coefficient (Wildman–Crippen LogP) is 0.716. The van der Waals surface area contributed by atoms with Crippen LogP contribution in [0.25, 0.3) is 0 Å². The SMILES string of the molecule is CC(N)CN(C)C.NCCCN1CCCCC1. The molecular formula is C13H32N4. The van der Waals surface area contributed by atoms with Gasteiger partial charge in [0.05, 0.1) is 0 Å². The van der Waals surface area contributed by atoms with Crippen LogP contribution in [0.3, 0.4) is 0 Å². The molecule has 104 valence electrons. The second-order valence-corrected chi connectivity index (χ2v) is 5.28. The third kappa shape index (κ3) is 12.1. The maximum atomic E-state index is 5.45. The van der Waals surface area contributed by atoms with Gasteiger partial charge in [0.15, 0.2) is 0 Å². The summed E-state index contributed by atoms with van der Waals surface area (Å²) < 4.78 is 0. The molecule has 1 heterocycles. The minimum absolute atomic E-state index is 0.301. The van der Waals surface area contributed by atoms with Gasteiger partial charge < -0.3 is 21.3 Å². The van der Waals surface area contributed by atoms with Crippen molar-refractivity contribution in [2.45, 2.75) is 38.6 Å². The molecule has 0 aromatic heterocycles. The number of nitrogens with zero attached hydrogens (tertiary/aromatic N) is 2. The highest BCUT2D eigenvalue weighted by atomic mass is 15.1. The fraction of sp³-hybridized carbons (Fsp3) is 1.00. The number of piperidine rings is 1. The molecule has 1 rings (SSSR count). The van der Waals surface area contributed by atoms with E-state index < -0.39 is 0 Å². The van der Waals surface area contributed by atoms with Crippen molar-refractivity contribution in [3.63, 3.8) is 0 Å². The van der Waals surface area contributed by atoms with E-state index in [1.54, 1.807) is 0 Å². The number of likely N-dealkylation sites (N-methyl/N-ethyl adjacent to an activating group) is 1. The van der Waals surface area contributed by atoms with Crippen LogP contribution in [0.5, 0.6) is 0 Å². The lowest BCUT2D eigenvalue weighted by Crippen LogP contribution is -2.31. The summed E-state index contributed by atoms with van der Waals surface area (Å²) in [7, 11) is 4.03. The lowest BCUT2D eigenvalue weighted by Gasteiger charge is -2.25. The molecule has 4 heteroatoms. The fourth-order valence-electron chi connectivity index (χ4n) is 2.07. The van der Waals surface area contributed by atoms with E-state index in [0.717, 1.165) is 13.1 Å². The van der Waals surface area contributed by atoms with Crippen LogP contribution in [0.1, 0.15) is 32.6 Å². The van der Waals surface area contributed by atoms with Gasteiger partial charge in [-0.1, -0.05) is 6.42 Å². The van der Waals surface area contributed by atoms with Gasteiger partial charge in [-0.3, -0.25) is 0 Å². The van der Waals surface area contributed by atoms with Crippen LogP contribution in [0.2, 0.25) is 0 Å². The van der Waals surface area contributed by atoms with E-state index in [0.29, 0.717) is 6.04 Å². The summed E-state index contributed by atoms with van der Waals surface area (Å²) in [6.45, 7) is 7.65. The lowest BCUT2D eigenvalue weighted by atomic mass is 10.1. The molecule has 1 saturated heterocycles. The highest BCUT2D eigenvalue weighted by molar-refractivity contribution is 4.63. The minimum atomic E-state index is 0.301. The molecule has 0 spiro atoms. The van der Waals surface area contributed by atoms with E-state index in [1.165, 1.54) is 45.3 Å². The van der Waals surface area contributed by atoms with Crippen molar-refractivity contribution in [1.29, 1.82) is 0 Å². The summed E-state index contributed by atoms with van der Waals surface area (Å²) in [6, 6.07) is 0.301. The first kappa shape index (κ1) is 16.8. The summed E-state index contributed by atoms with van der Waals surface area (Å²) in [4.78, 5) is 4.60. The predicted molar refractivity (Wildman–Crippen MR) is 76.2 cm³/mol. The van der Waals surface area contributed by atoms with Gasteiger partial charge in [-0.15, -0.1) is 0 Å². The Hall–Kier alpha value is -0.160. The van der Waals surface area contributed by atoms with E-state index >= 15 is 0 Å². The summed E-state index contributed by atoms with van der Waals surface area (Å²) in [5.41, 5.74) is 10.9. The van der Waals surface area contributed by atoms with Crippen molar-refractivity contribution in [2.24, 2.45) is 11.5 Å². The molecule has 4 nitrogen and oxygen atoms in total. The number of hydrogen-bond donors (Lipinski definition) is 2. The molecule has 0 radical (unpaired) electrons. The van der Waals surface area contributed by atoms with E-state index in [9.17, 15) is 0 Å². The van der Waals surface area contributed by atoms with Crippen molar-refractivity contribution in [1.82, 2.24) is 9.80 Å². The molecule has 4 N–H and O–H groups in total. The molecule has 1 aliphatic rings. The summed E-state index contributed by atoms with van der Waals surface area (Å²) >= 11 is 0. The largest absolute Gasteiger partial charge is 0.330 e. The van der Waals surface area contributed by atoms with Gasteiger partial charge in [0.2, 0.25) is 0 Å². The van der Waals surface area contributed by atoms with Gasteiger partial charge in [0.1, 0.15) is 0 Å². The molecule has 0 aromatic rings. The Morgan fingerprint density at radius 1 is 1.18 bits per heavy atom. The fourth-order valence-corrected chi connectivity index (χ4v) is 2.07. The Bertz CT molecular complexity index is 147. The van der Waals surface area contributed by atoms with Crippen molar-refractivity contribution in [2.75, 3.05) is 46.8 Å². The van der Waals surface area contributed by atoms with Gasteiger partial charge >= 0.3 is 0 Å². The van der Waals surface area contributed by atoms with Gasteiger partial charge in [-0.05, 0) is 66.5 Å². The normalized spacial score (nSPS) is 18.7. The van der Waals surface area contributed by atoms with Gasteiger partial charge in [0, 0.05) is 12.6 Å². The van der Waals surface area contributed by atoms with E-state index in [2.05, 4.69) is 9.80 Å². The lowest BCUT2D eigenvalue weighted by molar-refractivity contribution is 0.227. The Morgan fingerprint density at radius 3 is 2.12 bits per heavy atom. The van der Waals surface area contributed by atoms with E-state index in [-0.39, 0.29) is 0 Å². The first-order valence-corrected chi connectivity index (χ1v) is 6.89. The second kappa shape index (κ2) is 11.0. The zero-order valence-electron chi connectivity index (χ0n) is 12.0. The van der Waals surface area contributed by atoms with Crippen LogP contribution in [0.4, 0.5) is 0 Å². The summed E-state index contributed by atoms with van der Waals surface area (Å²) in [6.07, 6.45) is 5.38. The monoisotopic (exact) mass is 244 g/mol. The maximum absolute atomic E-state index is 5.45. The molecular weight excluding hydrogens is 212 g/mol. The molecule has 0 saturated carbocycles. The zero-order chi connectivity index (χ0) is 13.1. The molecule has 0 aliphatic carbocycles. The van der Waals surface area contributed by atoms with Crippen LogP contribution in [0.15, 0.2) is 0 Å². The quantitative estimate of drug-likeness (QED) is 0.748. The van der Waals surface area contributed by atoms with Crippen molar-refractivity contribution < 1.29 is 0 Å².